The van der Waals surface area contributed by atoms with Crippen molar-refractivity contribution in [3.63, 3.8) is 0 Å². The van der Waals surface area contributed by atoms with Crippen molar-refractivity contribution >= 4 is 97.0 Å². The van der Waals surface area contributed by atoms with E-state index in [-0.39, 0.29) is 5.82 Å². The van der Waals surface area contributed by atoms with Crippen molar-refractivity contribution in [1.82, 2.24) is 0 Å². The number of rotatable bonds is 4. The van der Waals surface area contributed by atoms with Crippen LogP contribution in [-0.4, -0.2) is 0 Å². The third-order valence-corrected chi connectivity index (χ3v) is 14.2. The Kier molecular flexibility index (Phi) is 7.67. The molecule has 0 aliphatic carbocycles. The van der Waals surface area contributed by atoms with Crippen molar-refractivity contribution < 1.29 is 4.39 Å². The van der Waals surface area contributed by atoms with E-state index < -0.39 is 0 Å². The van der Waals surface area contributed by atoms with E-state index in [1.807, 2.05) is 12.1 Å². The molecule has 0 atom stereocenters. The lowest BCUT2D eigenvalue weighted by Gasteiger charge is -2.23. The third kappa shape index (κ3) is 5.30. The molecule has 14 rings (SSSR count). The topological polar surface area (TPSA) is 0 Å². The maximum absolute atomic E-state index is 14.7. The van der Waals surface area contributed by atoms with Crippen molar-refractivity contribution in [2.75, 3.05) is 0 Å². The molecule has 0 fully saturated rings. The molecule has 0 spiro atoms. The first-order valence-corrected chi connectivity index (χ1v) is 22.4. The Morgan fingerprint density at radius 1 is 0.200 bits per heavy atom. The van der Waals surface area contributed by atoms with Gasteiger partial charge in [-0.2, -0.15) is 0 Å². The molecule has 0 nitrogen and oxygen atoms in total. The standard InChI is InChI=1S/C64H37F/c65-42-27-25-38(26-28-42)56-36-60(57-33-39-13-1-4-16-43(39)46-19-7-10-22-49(46)57)53-31-32-55-62(59-35-41-15-3-6-18-45(41)48-21-9-12-24-51(48)59)37-61(54-30-29-52(56)63(53)64(54)55)58-34-40-14-2-5-17-44(40)47-20-8-11-23-50(47)58/h1-37H. The minimum atomic E-state index is -0.244. The van der Waals surface area contributed by atoms with Crippen LogP contribution in [0, 0.1) is 5.82 Å². The fourth-order valence-electron chi connectivity index (χ4n) is 11.4. The molecule has 0 heterocycles. The van der Waals surface area contributed by atoms with Crippen molar-refractivity contribution in [3.05, 3.63) is 230 Å². The van der Waals surface area contributed by atoms with Gasteiger partial charge >= 0.3 is 0 Å². The van der Waals surface area contributed by atoms with E-state index in [9.17, 15) is 4.39 Å². The number of halogens is 1. The van der Waals surface area contributed by atoms with E-state index >= 15 is 0 Å². The zero-order chi connectivity index (χ0) is 42.8. The molecule has 1 heteroatoms. The maximum Gasteiger partial charge on any atom is 0.123 e. The summed E-state index contributed by atoms with van der Waals surface area (Å²) in [5, 5.41) is 22.0. The first-order chi connectivity index (χ1) is 32.2. The first kappa shape index (κ1) is 36.1. The van der Waals surface area contributed by atoms with Gasteiger partial charge in [0.1, 0.15) is 5.82 Å². The Morgan fingerprint density at radius 2 is 0.477 bits per heavy atom. The third-order valence-electron chi connectivity index (χ3n) is 14.2. The summed E-state index contributed by atoms with van der Waals surface area (Å²) in [6, 6.07) is 81.3. The minimum Gasteiger partial charge on any atom is -0.207 e. The van der Waals surface area contributed by atoms with Gasteiger partial charge < -0.3 is 0 Å². The lowest BCUT2D eigenvalue weighted by molar-refractivity contribution is 0.628. The zero-order valence-electron chi connectivity index (χ0n) is 35.2. The molecular weight excluding hydrogens is 788 g/mol. The normalized spacial score (nSPS) is 12.1. The van der Waals surface area contributed by atoms with E-state index in [0.717, 1.165) is 22.1 Å². The van der Waals surface area contributed by atoms with E-state index in [4.69, 9.17) is 0 Å². The highest BCUT2D eigenvalue weighted by molar-refractivity contribution is 6.34. The van der Waals surface area contributed by atoms with Gasteiger partial charge in [-0.3, -0.25) is 0 Å². The van der Waals surface area contributed by atoms with Crippen molar-refractivity contribution in [2.24, 2.45) is 0 Å². The first-order valence-electron chi connectivity index (χ1n) is 22.4. The molecule has 0 aliphatic heterocycles. The molecule has 0 aromatic heterocycles. The Morgan fingerprint density at radius 3 is 0.846 bits per heavy atom. The Bertz CT molecular complexity index is 4150. The number of hydrogen-bond donors (Lipinski definition) is 0. The van der Waals surface area contributed by atoms with Crippen LogP contribution in [0.1, 0.15) is 0 Å². The lowest BCUT2D eigenvalue weighted by atomic mass is 9.80. The summed E-state index contributed by atoms with van der Waals surface area (Å²) in [5.74, 6) is -0.244. The van der Waals surface area contributed by atoms with Crippen molar-refractivity contribution in [1.29, 1.82) is 0 Å². The highest BCUT2D eigenvalue weighted by Gasteiger charge is 2.24. The van der Waals surface area contributed by atoms with Gasteiger partial charge in [-0.15, -0.1) is 0 Å². The monoisotopic (exact) mass is 824 g/mol. The fourth-order valence-corrected chi connectivity index (χ4v) is 11.4. The average molecular weight is 825 g/mol. The summed E-state index contributed by atoms with van der Waals surface area (Å²) in [6.07, 6.45) is 0. The molecule has 14 aromatic carbocycles. The minimum absolute atomic E-state index is 0.244. The van der Waals surface area contributed by atoms with Crippen LogP contribution in [-0.2, 0) is 0 Å². The van der Waals surface area contributed by atoms with Gasteiger partial charge in [0.15, 0.2) is 0 Å². The number of hydrogen-bond acceptors (Lipinski definition) is 0. The predicted octanol–water partition coefficient (Wildman–Crippen LogP) is 18.3. The molecule has 0 saturated heterocycles. The molecule has 0 unspecified atom stereocenters. The second kappa shape index (κ2) is 13.8. The smallest absolute Gasteiger partial charge is 0.123 e. The van der Waals surface area contributed by atoms with E-state index in [1.165, 1.54) is 119 Å². The molecule has 0 amide bonds. The molecule has 14 aromatic rings. The summed E-state index contributed by atoms with van der Waals surface area (Å²) < 4.78 is 14.7. The Hall–Kier alpha value is -8.39. The van der Waals surface area contributed by atoms with Gasteiger partial charge in [0.2, 0.25) is 0 Å². The quantitative estimate of drug-likeness (QED) is 0.155. The molecule has 0 saturated carbocycles. The van der Waals surface area contributed by atoms with Crippen LogP contribution < -0.4 is 0 Å². The maximum atomic E-state index is 14.7. The number of fused-ring (bicyclic) bond motifs is 9. The molecule has 65 heavy (non-hydrogen) atoms. The SMILES string of the molecule is Fc1ccc(-c2cc(-c3cc4ccccc4c4ccccc34)c3ccc4c(-c5cc6ccccc6c6ccccc56)cc(-c5cc6ccccc6c6ccccc56)c5ccc2c3c54)cc1. The van der Waals surface area contributed by atoms with E-state index in [0.29, 0.717) is 0 Å². The molecule has 0 bridgehead atoms. The van der Waals surface area contributed by atoms with Crippen LogP contribution in [0.15, 0.2) is 224 Å². The summed E-state index contributed by atoms with van der Waals surface area (Å²) in [7, 11) is 0. The summed E-state index contributed by atoms with van der Waals surface area (Å²) in [5.41, 5.74) is 9.23. The highest BCUT2D eigenvalue weighted by atomic mass is 19.1. The van der Waals surface area contributed by atoms with Crippen LogP contribution in [0.2, 0.25) is 0 Å². The van der Waals surface area contributed by atoms with Crippen LogP contribution in [0.3, 0.4) is 0 Å². The van der Waals surface area contributed by atoms with Crippen LogP contribution >= 0.6 is 0 Å². The van der Waals surface area contributed by atoms with Gasteiger partial charge in [-0.25, -0.2) is 4.39 Å². The highest BCUT2D eigenvalue weighted by Crippen LogP contribution is 2.51. The second-order valence-corrected chi connectivity index (χ2v) is 17.6. The second-order valence-electron chi connectivity index (χ2n) is 17.6. The van der Waals surface area contributed by atoms with Gasteiger partial charge in [0.05, 0.1) is 0 Å². The lowest BCUT2D eigenvalue weighted by Crippen LogP contribution is -1.96. The summed E-state index contributed by atoms with van der Waals surface area (Å²) >= 11 is 0. The van der Waals surface area contributed by atoms with Gasteiger partial charge in [0, 0.05) is 0 Å². The number of benzene rings is 14. The predicted molar refractivity (Wildman–Crippen MR) is 277 cm³/mol. The molecule has 0 radical (unpaired) electrons. The molecular formula is C64H37F. The zero-order valence-corrected chi connectivity index (χ0v) is 35.2. The molecule has 0 N–H and O–H groups in total. The van der Waals surface area contributed by atoms with Crippen molar-refractivity contribution in [3.8, 4) is 44.5 Å². The summed E-state index contributed by atoms with van der Waals surface area (Å²) in [4.78, 5) is 0. The fraction of sp³-hybridized carbons (Fsp3) is 0. The Labute approximate surface area is 374 Å². The van der Waals surface area contributed by atoms with Gasteiger partial charge in [-0.1, -0.05) is 182 Å². The van der Waals surface area contributed by atoms with Crippen LogP contribution in [0.5, 0.6) is 0 Å². The van der Waals surface area contributed by atoms with E-state index in [1.54, 1.807) is 12.1 Å². The van der Waals surface area contributed by atoms with Gasteiger partial charge in [-0.05, 0) is 184 Å². The van der Waals surface area contributed by atoms with Gasteiger partial charge in [0.25, 0.3) is 0 Å². The van der Waals surface area contributed by atoms with Crippen LogP contribution in [0.25, 0.3) is 141 Å². The summed E-state index contributed by atoms with van der Waals surface area (Å²) in [6.45, 7) is 0. The van der Waals surface area contributed by atoms with Crippen molar-refractivity contribution in [2.45, 2.75) is 0 Å². The molecule has 300 valence electrons. The largest absolute Gasteiger partial charge is 0.207 e. The molecule has 0 aliphatic rings. The van der Waals surface area contributed by atoms with E-state index in [2.05, 4.69) is 200 Å². The average Bonchev–Trinajstić information content (AvgIpc) is 3.37. The van der Waals surface area contributed by atoms with Crippen LogP contribution in [0.4, 0.5) is 4.39 Å². The Balaban J connectivity index is 1.21.